The first-order valence-corrected chi connectivity index (χ1v) is 6.68. The number of nitrogens with two attached hydrogens (primary N) is 1. The molecule has 0 spiro atoms. The summed E-state index contributed by atoms with van der Waals surface area (Å²) in [6.07, 6.45) is 5.87. The van der Waals surface area contributed by atoms with Crippen molar-refractivity contribution in [3.63, 3.8) is 0 Å². The van der Waals surface area contributed by atoms with E-state index in [1.807, 2.05) is 0 Å². The van der Waals surface area contributed by atoms with Crippen molar-refractivity contribution in [2.45, 2.75) is 37.6 Å². The lowest BCUT2D eigenvalue weighted by molar-refractivity contribution is -0.0312. The van der Waals surface area contributed by atoms with Gasteiger partial charge in [0.2, 0.25) is 0 Å². The van der Waals surface area contributed by atoms with Gasteiger partial charge in [-0.15, -0.1) is 0 Å². The van der Waals surface area contributed by atoms with Crippen molar-refractivity contribution in [3.8, 4) is 0 Å². The van der Waals surface area contributed by atoms with Crippen molar-refractivity contribution in [2.24, 2.45) is 11.7 Å². The van der Waals surface area contributed by atoms with Gasteiger partial charge in [0.25, 0.3) is 0 Å². The highest BCUT2D eigenvalue weighted by molar-refractivity contribution is 5.24. The quantitative estimate of drug-likeness (QED) is 0.844. The monoisotopic (exact) mass is 231 g/mol. The third kappa shape index (κ3) is 2.88. The topological polar surface area (TPSA) is 35.2 Å². The van der Waals surface area contributed by atoms with Gasteiger partial charge >= 0.3 is 0 Å². The van der Waals surface area contributed by atoms with Crippen LogP contribution in [0.2, 0.25) is 0 Å². The van der Waals surface area contributed by atoms with Crippen LogP contribution < -0.4 is 5.73 Å². The maximum atomic E-state index is 6.10. The molecular weight excluding hydrogens is 210 g/mol. The molecule has 2 aliphatic rings. The van der Waals surface area contributed by atoms with Gasteiger partial charge in [-0.05, 0) is 43.2 Å². The molecule has 1 aromatic carbocycles. The summed E-state index contributed by atoms with van der Waals surface area (Å²) in [6, 6.07) is 9.06. The standard InChI is InChI=1S/C15H21NO/c16-15(7-8-15)6-5-12-1-3-13(4-2-12)9-14-10-17-11-14/h1-4,14H,5-11,16H2. The summed E-state index contributed by atoms with van der Waals surface area (Å²) in [5, 5.41) is 0. The molecule has 2 N–H and O–H groups in total. The lowest BCUT2D eigenvalue weighted by atomic mass is 9.96. The highest BCUT2D eigenvalue weighted by atomic mass is 16.5. The first-order chi connectivity index (χ1) is 8.23. The molecule has 1 heterocycles. The first-order valence-electron chi connectivity index (χ1n) is 6.68. The molecule has 2 fully saturated rings. The van der Waals surface area contributed by atoms with Crippen LogP contribution in [0.1, 0.15) is 30.4 Å². The Hall–Kier alpha value is -0.860. The molecule has 0 radical (unpaired) electrons. The smallest absolute Gasteiger partial charge is 0.0519 e. The summed E-state index contributed by atoms with van der Waals surface area (Å²) in [5.41, 5.74) is 9.15. The zero-order chi connectivity index (χ0) is 11.7. The minimum absolute atomic E-state index is 0.182. The van der Waals surface area contributed by atoms with E-state index in [0.29, 0.717) is 0 Å². The van der Waals surface area contributed by atoms with E-state index < -0.39 is 0 Å². The number of hydrogen-bond donors (Lipinski definition) is 1. The van der Waals surface area contributed by atoms with Crippen molar-refractivity contribution in [2.75, 3.05) is 13.2 Å². The third-order valence-corrected chi connectivity index (χ3v) is 4.06. The Morgan fingerprint density at radius 2 is 1.76 bits per heavy atom. The predicted octanol–water partition coefficient (Wildman–Crippen LogP) is 2.30. The molecule has 1 aliphatic heterocycles. The van der Waals surface area contributed by atoms with E-state index in [4.69, 9.17) is 10.5 Å². The molecule has 0 unspecified atom stereocenters. The van der Waals surface area contributed by atoms with Crippen LogP contribution in [0.4, 0.5) is 0 Å². The molecule has 0 aromatic heterocycles. The molecule has 0 bridgehead atoms. The molecule has 1 saturated heterocycles. The maximum Gasteiger partial charge on any atom is 0.0519 e. The van der Waals surface area contributed by atoms with E-state index in [-0.39, 0.29) is 5.54 Å². The van der Waals surface area contributed by atoms with Crippen molar-refractivity contribution >= 4 is 0 Å². The van der Waals surface area contributed by atoms with Crippen LogP contribution in [0.15, 0.2) is 24.3 Å². The van der Waals surface area contributed by atoms with Crippen LogP contribution in [0.25, 0.3) is 0 Å². The Labute approximate surface area is 103 Å². The van der Waals surface area contributed by atoms with Gasteiger partial charge in [-0.25, -0.2) is 0 Å². The lowest BCUT2D eigenvalue weighted by Crippen LogP contribution is -2.29. The Morgan fingerprint density at radius 3 is 2.29 bits per heavy atom. The molecule has 92 valence electrons. The summed E-state index contributed by atoms with van der Waals surface area (Å²) >= 11 is 0. The molecule has 1 saturated carbocycles. The number of rotatable bonds is 5. The van der Waals surface area contributed by atoms with Crippen LogP contribution in [-0.4, -0.2) is 18.8 Å². The van der Waals surface area contributed by atoms with Crippen LogP contribution >= 0.6 is 0 Å². The molecule has 2 heteroatoms. The maximum absolute atomic E-state index is 6.10. The van der Waals surface area contributed by atoms with E-state index >= 15 is 0 Å². The van der Waals surface area contributed by atoms with Gasteiger partial charge in [0.1, 0.15) is 0 Å². The zero-order valence-corrected chi connectivity index (χ0v) is 10.3. The fourth-order valence-corrected chi connectivity index (χ4v) is 2.38. The summed E-state index contributed by atoms with van der Waals surface area (Å²) in [4.78, 5) is 0. The van der Waals surface area contributed by atoms with Gasteiger partial charge in [0, 0.05) is 11.5 Å². The van der Waals surface area contributed by atoms with Crippen LogP contribution in [0.3, 0.4) is 0 Å². The molecule has 3 rings (SSSR count). The Bertz CT molecular complexity index is 376. The van der Waals surface area contributed by atoms with Crippen molar-refractivity contribution in [3.05, 3.63) is 35.4 Å². The van der Waals surface area contributed by atoms with Gasteiger partial charge in [0.15, 0.2) is 0 Å². The summed E-state index contributed by atoms with van der Waals surface area (Å²) in [6.45, 7) is 1.88. The molecule has 1 aromatic rings. The Morgan fingerprint density at radius 1 is 1.12 bits per heavy atom. The summed E-state index contributed by atoms with van der Waals surface area (Å²) in [5.74, 6) is 0.750. The number of aryl methyl sites for hydroxylation is 1. The second-order valence-corrected chi connectivity index (χ2v) is 5.79. The highest BCUT2D eigenvalue weighted by Gasteiger charge is 2.37. The van der Waals surface area contributed by atoms with Crippen molar-refractivity contribution < 1.29 is 4.74 Å². The Kier molecular flexibility index (Phi) is 2.93. The second-order valence-electron chi connectivity index (χ2n) is 5.79. The van der Waals surface area contributed by atoms with Gasteiger partial charge in [-0.2, -0.15) is 0 Å². The average molecular weight is 231 g/mol. The van der Waals surface area contributed by atoms with E-state index in [2.05, 4.69) is 24.3 Å². The van der Waals surface area contributed by atoms with E-state index in [0.717, 1.165) is 32.0 Å². The van der Waals surface area contributed by atoms with Crippen molar-refractivity contribution in [1.82, 2.24) is 0 Å². The van der Waals surface area contributed by atoms with Gasteiger partial charge in [0.05, 0.1) is 13.2 Å². The molecule has 2 nitrogen and oxygen atoms in total. The fraction of sp³-hybridized carbons (Fsp3) is 0.600. The van der Waals surface area contributed by atoms with Crippen LogP contribution in [-0.2, 0) is 17.6 Å². The largest absolute Gasteiger partial charge is 0.381 e. The fourth-order valence-electron chi connectivity index (χ4n) is 2.38. The number of ether oxygens (including phenoxy) is 1. The van der Waals surface area contributed by atoms with Crippen LogP contribution in [0.5, 0.6) is 0 Å². The molecule has 0 atom stereocenters. The SMILES string of the molecule is NC1(CCc2ccc(CC3COC3)cc2)CC1. The Balaban J connectivity index is 1.51. The average Bonchev–Trinajstić information content (AvgIpc) is 3.02. The van der Waals surface area contributed by atoms with E-state index in [9.17, 15) is 0 Å². The second kappa shape index (κ2) is 4.43. The van der Waals surface area contributed by atoms with E-state index in [1.54, 1.807) is 0 Å². The third-order valence-electron chi connectivity index (χ3n) is 4.06. The van der Waals surface area contributed by atoms with Crippen molar-refractivity contribution in [1.29, 1.82) is 0 Å². The lowest BCUT2D eigenvalue weighted by Gasteiger charge is -2.25. The minimum atomic E-state index is 0.182. The summed E-state index contributed by atoms with van der Waals surface area (Å²) in [7, 11) is 0. The normalized spacial score (nSPS) is 22.2. The van der Waals surface area contributed by atoms with Gasteiger partial charge < -0.3 is 10.5 Å². The molecule has 17 heavy (non-hydrogen) atoms. The minimum Gasteiger partial charge on any atom is -0.381 e. The summed E-state index contributed by atoms with van der Waals surface area (Å²) < 4.78 is 5.20. The number of hydrogen-bond acceptors (Lipinski definition) is 2. The molecule has 1 aliphatic carbocycles. The zero-order valence-electron chi connectivity index (χ0n) is 10.3. The van der Waals surface area contributed by atoms with Crippen LogP contribution in [0, 0.1) is 5.92 Å². The molecular formula is C15H21NO. The van der Waals surface area contributed by atoms with Gasteiger partial charge in [-0.3, -0.25) is 0 Å². The highest BCUT2D eigenvalue weighted by Crippen LogP contribution is 2.36. The van der Waals surface area contributed by atoms with Gasteiger partial charge in [-0.1, -0.05) is 24.3 Å². The molecule has 0 amide bonds. The first kappa shape index (κ1) is 11.2. The van der Waals surface area contributed by atoms with E-state index in [1.165, 1.54) is 30.4 Å². The number of benzene rings is 1. The predicted molar refractivity (Wildman–Crippen MR) is 68.9 cm³/mol.